The van der Waals surface area contributed by atoms with Gasteiger partial charge in [0.25, 0.3) is 5.91 Å². The quantitative estimate of drug-likeness (QED) is 0.412. The second-order valence-electron chi connectivity index (χ2n) is 8.12. The molecule has 0 radical (unpaired) electrons. The molecule has 31 heavy (non-hydrogen) atoms. The molecule has 4 nitrogen and oxygen atoms in total. The molecule has 3 aromatic carbocycles. The van der Waals surface area contributed by atoms with Gasteiger partial charge in [-0.3, -0.25) is 14.2 Å². The van der Waals surface area contributed by atoms with Gasteiger partial charge in [0.1, 0.15) is 11.9 Å². The number of carbonyl (C=O) groups excluding carboxylic acids is 2. The molecule has 2 aliphatic rings. The first kappa shape index (κ1) is 18.4. The number of hydrogen-bond acceptors (Lipinski definition) is 3. The number of Topliss-reactive ketones (excluding diaryl/α,β-unsaturated/α-hetero) is 1. The lowest BCUT2D eigenvalue weighted by Gasteiger charge is -2.36. The molecule has 0 amide bonds. The van der Waals surface area contributed by atoms with Crippen LogP contribution >= 0.6 is 11.6 Å². The highest BCUT2D eigenvalue weighted by atomic mass is 35.5. The predicted molar refractivity (Wildman–Crippen MR) is 119 cm³/mol. The Labute approximate surface area is 184 Å². The van der Waals surface area contributed by atoms with Gasteiger partial charge in [-0.2, -0.15) is 0 Å². The van der Waals surface area contributed by atoms with Gasteiger partial charge < -0.3 is 4.74 Å². The van der Waals surface area contributed by atoms with Gasteiger partial charge in [-0.25, -0.2) is 0 Å². The molecule has 6 rings (SSSR count). The number of benzene rings is 3. The van der Waals surface area contributed by atoms with Gasteiger partial charge in [-0.1, -0.05) is 48.0 Å². The monoisotopic (exact) mass is 427 g/mol. The van der Waals surface area contributed by atoms with Crippen molar-refractivity contribution in [2.75, 3.05) is 0 Å². The van der Waals surface area contributed by atoms with E-state index in [-0.39, 0.29) is 23.7 Å². The van der Waals surface area contributed by atoms with Crippen LogP contribution in [0.1, 0.15) is 32.0 Å². The maximum absolute atomic E-state index is 13.5. The molecule has 1 aliphatic heterocycles. The lowest BCUT2D eigenvalue weighted by molar-refractivity contribution is 0.0626. The van der Waals surface area contributed by atoms with Crippen LogP contribution in [-0.4, -0.2) is 22.4 Å². The normalized spacial score (nSPS) is 19.3. The van der Waals surface area contributed by atoms with Crippen LogP contribution in [0.15, 0.2) is 72.8 Å². The van der Waals surface area contributed by atoms with Crippen molar-refractivity contribution < 1.29 is 14.3 Å². The highest BCUT2D eigenvalue weighted by Gasteiger charge is 2.43. The molecular formula is C26H18ClNO3. The van der Waals surface area contributed by atoms with Gasteiger partial charge in [0.05, 0.1) is 17.0 Å². The molecule has 0 spiro atoms. The molecule has 1 aromatic heterocycles. The average molecular weight is 428 g/mol. The van der Waals surface area contributed by atoms with Gasteiger partial charge >= 0.3 is 0 Å². The van der Waals surface area contributed by atoms with Crippen LogP contribution in [0, 0.1) is 5.92 Å². The minimum Gasteiger partial charge on any atom is -0.489 e. The van der Waals surface area contributed by atoms with E-state index in [1.165, 1.54) is 0 Å². The number of ether oxygens (including phenoxy) is 1. The molecule has 0 saturated carbocycles. The average Bonchev–Trinajstić information content (AvgIpc) is 3.12. The van der Waals surface area contributed by atoms with Crippen LogP contribution in [0.4, 0.5) is 0 Å². The summed E-state index contributed by atoms with van der Waals surface area (Å²) in [7, 11) is 0. The molecule has 1 aliphatic carbocycles. The molecule has 0 N–H and O–H groups in total. The van der Waals surface area contributed by atoms with E-state index in [0.717, 1.165) is 22.2 Å². The van der Waals surface area contributed by atoms with E-state index >= 15 is 0 Å². The summed E-state index contributed by atoms with van der Waals surface area (Å²) < 4.78 is 8.04. The van der Waals surface area contributed by atoms with E-state index in [2.05, 4.69) is 0 Å². The minimum atomic E-state index is -0.342. The summed E-state index contributed by atoms with van der Waals surface area (Å²) >= 11 is 6.13. The molecule has 152 valence electrons. The molecule has 5 heteroatoms. The zero-order chi connectivity index (χ0) is 21.1. The highest BCUT2D eigenvalue weighted by molar-refractivity contribution is 6.31. The maximum Gasteiger partial charge on any atom is 0.262 e. The molecule has 2 heterocycles. The summed E-state index contributed by atoms with van der Waals surface area (Å²) in [6, 6.07) is 22.4. The standard InChI is InChI=1S/C26H18ClNO3/c27-16-10-11-23-19(12-16)25(29)20-13-22-18(14-24(20)31-23)17-8-4-5-9-21(17)28(22)26(30)15-6-2-1-3-7-15/h1-12,20,24H,13-14H2/t20-,24+/m1/s1. The first-order valence-corrected chi connectivity index (χ1v) is 10.7. The first-order valence-electron chi connectivity index (χ1n) is 10.3. The molecular weight excluding hydrogens is 410 g/mol. The smallest absolute Gasteiger partial charge is 0.262 e. The summed E-state index contributed by atoms with van der Waals surface area (Å²) in [6.45, 7) is 0. The zero-order valence-corrected chi connectivity index (χ0v) is 17.3. The second kappa shape index (κ2) is 6.82. The summed E-state index contributed by atoms with van der Waals surface area (Å²) in [4.78, 5) is 26.9. The van der Waals surface area contributed by atoms with Crippen LogP contribution in [-0.2, 0) is 12.8 Å². The van der Waals surface area contributed by atoms with E-state index in [4.69, 9.17) is 16.3 Å². The van der Waals surface area contributed by atoms with Crippen molar-refractivity contribution >= 4 is 34.2 Å². The Morgan fingerprint density at radius 3 is 2.58 bits per heavy atom. The third-order valence-corrected chi connectivity index (χ3v) is 6.64. The first-order chi connectivity index (χ1) is 15.1. The van der Waals surface area contributed by atoms with Crippen molar-refractivity contribution in [3.63, 3.8) is 0 Å². The van der Waals surface area contributed by atoms with E-state index in [0.29, 0.717) is 34.7 Å². The Hall–Kier alpha value is -3.37. The van der Waals surface area contributed by atoms with Crippen LogP contribution < -0.4 is 4.74 Å². The molecule has 4 aromatic rings. The van der Waals surface area contributed by atoms with Gasteiger partial charge in [0, 0.05) is 34.5 Å². The maximum atomic E-state index is 13.5. The second-order valence-corrected chi connectivity index (χ2v) is 8.56. The van der Waals surface area contributed by atoms with Crippen molar-refractivity contribution in [3.05, 3.63) is 100 Å². The van der Waals surface area contributed by atoms with Gasteiger partial charge in [0.15, 0.2) is 5.78 Å². The topological polar surface area (TPSA) is 48.3 Å². The van der Waals surface area contributed by atoms with E-state index in [9.17, 15) is 9.59 Å². The highest BCUT2D eigenvalue weighted by Crippen LogP contribution is 2.41. The molecule has 2 atom stereocenters. The molecule has 0 saturated heterocycles. The van der Waals surface area contributed by atoms with Crippen molar-refractivity contribution in [2.24, 2.45) is 5.92 Å². The van der Waals surface area contributed by atoms with Crippen molar-refractivity contribution in [2.45, 2.75) is 18.9 Å². The van der Waals surface area contributed by atoms with Crippen molar-refractivity contribution in [3.8, 4) is 5.75 Å². The number of para-hydroxylation sites is 1. The Balaban J connectivity index is 1.51. The Kier molecular flexibility index (Phi) is 4.05. The molecule has 0 bridgehead atoms. The number of halogens is 1. The SMILES string of the molecule is O=C1c2cc(Cl)ccc2O[C@H]2Cc3c(n(C(=O)c4ccccc4)c4ccccc34)C[C@@H]12. The van der Waals surface area contributed by atoms with E-state index in [1.807, 2.05) is 54.6 Å². The number of carbonyl (C=O) groups is 2. The largest absolute Gasteiger partial charge is 0.489 e. The zero-order valence-electron chi connectivity index (χ0n) is 16.5. The van der Waals surface area contributed by atoms with Crippen LogP contribution in [0.5, 0.6) is 5.75 Å². The van der Waals surface area contributed by atoms with Crippen molar-refractivity contribution in [1.29, 1.82) is 0 Å². The summed E-state index contributed by atoms with van der Waals surface area (Å²) in [5.41, 5.74) is 4.00. The van der Waals surface area contributed by atoms with Gasteiger partial charge in [-0.15, -0.1) is 0 Å². The number of rotatable bonds is 1. The lowest BCUT2D eigenvalue weighted by atomic mass is 9.78. The fourth-order valence-corrected chi connectivity index (χ4v) is 5.14. The fourth-order valence-electron chi connectivity index (χ4n) is 4.97. The molecule has 0 fully saturated rings. The predicted octanol–water partition coefficient (Wildman–Crippen LogP) is 5.34. The Morgan fingerprint density at radius 1 is 0.968 bits per heavy atom. The van der Waals surface area contributed by atoms with Gasteiger partial charge in [0.2, 0.25) is 0 Å². The van der Waals surface area contributed by atoms with Gasteiger partial charge in [-0.05, 0) is 42.0 Å². The van der Waals surface area contributed by atoms with Crippen LogP contribution in [0.3, 0.4) is 0 Å². The number of aromatic nitrogens is 1. The third kappa shape index (κ3) is 2.75. The number of hydrogen-bond donors (Lipinski definition) is 0. The van der Waals surface area contributed by atoms with Crippen LogP contribution in [0.25, 0.3) is 10.9 Å². The summed E-state index contributed by atoms with van der Waals surface area (Å²) in [6.07, 6.45) is 0.793. The van der Waals surface area contributed by atoms with Crippen molar-refractivity contribution in [1.82, 2.24) is 4.57 Å². The number of ketones is 1. The van der Waals surface area contributed by atoms with E-state index in [1.54, 1.807) is 22.8 Å². The number of nitrogens with zero attached hydrogens (tertiary/aromatic N) is 1. The molecule has 0 unspecified atom stereocenters. The summed E-state index contributed by atoms with van der Waals surface area (Å²) in [5.74, 6) is 0.195. The third-order valence-electron chi connectivity index (χ3n) is 6.40. The summed E-state index contributed by atoms with van der Waals surface area (Å²) in [5, 5.41) is 1.55. The lowest BCUT2D eigenvalue weighted by Crippen LogP contribution is -2.43. The Morgan fingerprint density at radius 2 is 1.74 bits per heavy atom. The van der Waals surface area contributed by atoms with E-state index < -0.39 is 0 Å². The number of fused-ring (bicyclic) bond motifs is 5. The van der Waals surface area contributed by atoms with Crippen LogP contribution in [0.2, 0.25) is 5.02 Å². The minimum absolute atomic E-state index is 0.0309. The fraction of sp³-hybridized carbons (Fsp3) is 0.154. The Bertz CT molecular complexity index is 1370.